The van der Waals surface area contributed by atoms with Gasteiger partial charge in [0.2, 0.25) is 0 Å². The molecule has 0 radical (unpaired) electrons. The predicted octanol–water partition coefficient (Wildman–Crippen LogP) is 1.55. The minimum Gasteiger partial charge on any atom is -0.465 e. The molecular weight excluding hydrogens is 168 g/mol. The van der Waals surface area contributed by atoms with Gasteiger partial charge in [0, 0.05) is 6.42 Å². The zero-order chi connectivity index (χ0) is 9.84. The van der Waals surface area contributed by atoms with Crippen LogP contribution in [0.25, 0.3) is 0 Å². The second kappa shape index (κ2) is 4.40. The van der Waals surface area contributed by atoms with Gasteiger partial charge >= 0.3 is 5.97 Å². The van der Waals surface area contributed by atoms with Gasteiger partial charge < -0.3 is 4.74 Å². The fraction of sp³-hybridized carbons (Fsp3) is 0.800. The van der Waals surface area contributed by atoms with Crippen LogP contribution >= 0.6 is 0 Å². The number of carbonyl (C=O) groups is 2. The molecule has 1 aliphatic rings. The van der Waals surface area contributed by atoms with Crippen LogP contribution < -0.4 is 0 Å². The van der Waals surface area contributed by atoms with E-state index in [0.29, 0.717) is 18.9 Å². The van der Waals surface area contributed by atoms with E-state index in [1.165, 1.54) is 0 Å². The molecule has 3 heteroatoms. The van der Waals surface area contributed by atoms with Crippen molar-refractivity contribution in [2.45, 2.75) is 33.1 Å². The lowest BCUT2D eigenvalue weighted by molar-refractivity contribution is -0.150. The summed E-state index contributed by atoms with van der Waals surface area (Å²) in [7, 11) is 0. The molecule has 0 spiro atoms. The third-order valence-corrected chi connectivity index (χ3v) is 2.31. The first kappa shape index (κ1) is 10.2. The Kier molecular flexibility index (Phi) is 3.46. The molecule has 0 aliphatic heterocycles. The highest BCUT2D eigenvalue weighted by molar-refractivity contribution is 5.98. The van der Waals surface area contributed by atoms with Crippen LogP contribution in [0.2, 0.25) is 0 Å². The van der Waals surface area contributed by atoms with Crippen LogP contribution in [0.3, 0.4) is 0 Å². The van der Waals surface area contributed by atoms with Gasteiger partial charge in [-0.3, -0.25) is 9.59 Å². The maximum atomic E-state index is 11.4. The van der Waals surface area contributed by atoms with Gasteiger partial charge in [-0.1, -0.05) is 0 Å². The van der Waals surface area contributed by atoms with Crippen LogP contribution in [0.15, 0.2) is 0 Å². The van der Waals surface area contributed by atoms with Gasteiger partial charge in [-0.15, -0.1) is 0 Å². The maximum Gasteiger partial charge on any atom is 0.316 e. The first-order chi connectivity index (χ1) is 6.15. The molecule has 0 aromatic carbocycles. The normalized spacial score (nSPS) is 18.0. The number of ketones is 1. The van der Waals surface area contributed by atoms with Crippen molar-refractivity contribution >= 4 is 11.8 Å². The molecule has 1 fully saturated rings. The Morgan fingerprint density at radius 1 is 1.46 bits per heavy atom. The molecule has 0 bridgehead atoms. The molecule has 3 nitrogen and oxygen atoms in total. The second-order valence-electron chi connectivity index (χ2n) is 3.59. The molecule has 0 aromatic rings. The van der Waals surface area contributed by atoms with Crippen molar-refractivity contribution in [1.82, 2.24) is 0 Å². The summed E-state index contributed by atoms with van der Waals surface area (Å²) in [6.45, 7) is 3.72. The molecule has 1 atom stereocenters. The van der Waals surface area contributed by atoms with Crippen molar-refractivity contribution in [1.29, 1.82) is 0 Å². The van der Waals surface area contributed by atoms with E-state index in [4.69, 9.17) is 4.74 Å². The number of ether oxygens (including phenoxy) is 1. The van der Waals surface area contributed by atoms with Crippen LogP contribution in [0, 0.1) is 11.8 Å². The number of carbonyl (C=O) groups excluding carboxylic acids is 2. The lowest BCUT2D eigenvalue weighted by atomic mass is 10.0. The van der Waals surface area contributed by atoms with E-state index in [0.717, 1.165) is 12.8 Å². The molecule has 74 valence electrons. The van der Waals surface area contributed by atoms with Crippen LogP contribution in [-0.4, -0.2) is 18.4 Å². The third kappa shape index (κ3) is 3.17. The quantitative estimate of drug-likeness (QED) is 0.481. The SMILES string of the molecule is CCOC(=O)C(C)C(=O)CC1CC1. The van der Waals surface area contributed by atoms with Crippen molar-refractivity contribution in [2.75, 3.05) is 6.61 Å². The van der Waals surface area contributed by atoms with Gasteiger partial charge in [0.05, 0.1) is 6.61 Å². The van der Waals surface area contributed by atoms with Gasteiger partial charge in [-0.05, 0) is 32.6 Å². The molecule has 0 amide bonds. The highest BCUT2D eigenvalue weighted by Crippen LogP contribution is 2.33. The number of esters is 1. The van der Waals surface area contributed by atoms with Crippen LogP contribution in [0.1, 0.15) is 33.1 Å². The summed E-state index contributed by atoms with van der Waals surface area (Å²) in [5, 5.41) is 0. The molecule has 0 saturated heterocycles. The first-order valence-corrected chi connectivity index (χ1v) is 4.84. The van der Waals surface area contributed by atoms with Crippen molar-refractivity contribution in [3.63, 3.8) is 0 Å². The topological polar surface area (TPSA) is 43.4 Å². The molecule has 0 aromatic heterocycles. The molecule has 0 N–H and O–H groups in total. The van der Waals surface area contributed by atoms with Crippen molar-refractivity contribution in [2.24, 2.45) is 11.8 Å². The molecule has 0 heterocycles. The molecule has 1 unspecified atom stereocenters. The Balaban J connectivity index is 2.30. The lowest BCUT2D eigenvalue weighted by Crippen LogP contribution is -2.23. The Morgan fingerprint density at radius 3 is 2.54 bits per heavy atom. The number of hydrogen-bond donors (Lipinski definition) is 0. The summed E-state index contributed by atoms with van der Waals surface area (Å²) in [4.78, 5) is 22.6. The van der Waals surface area contributed by atoms with E-state index in [1.807, 2.05) is 0 Å². The zero-order valence-corrected chi connectivity index (χ0v) is 8.21. The maximum absolute atomic E-state index is 11.4. The monoisotopic (exact) mass is 184 g/mol. The standard InChI is InChI=1S/C10H16O3/c1-3-13-10(12)7(2)9(11)6-8-4-5-8/h7-8H,3-6H2,1-2H3. The van der Waals surface area contributed by atoms with E-state index >= 15 is 0 Å². The highest BCUT2D eigenvalue weighted by atomic mass is 16.5. The lowest BCUT2D eigenvalue weighted by Gasteiger charge is -2.08. The Hall–Kier alpha value is -0.860. The van der Waals surface area contributed by atoms with Crippen molar-refractivity contribution in [3.8, 4) is 0 Å². The second-order valence-corrected chi connectivity index (χ2v) is 3.59. The first-order valence-electron chi connectivity index (χ1n) is 4.84. The number of Topliss-reactive ketones (excluding diaryl/α,β-unsaturated/α-hetero) is 1. The average Bonchev–Trinajstić information content (AvgIpc) is 2.87. The van der Waals surface area contributed by atoms with Crippen LogP contribution in [0.4, 0.5) is 0 Å². The van der Waals surface area contributed by atoms with Crippen molar-refractivity contribution in [3.05, 3.63) is 0 Å². The van der Waals surface area contributed by atoms with Gasteiger partial charge in [0.1, 0.15) is 11.7 Å². The summed E-state index contributed by atoms with van der Waals surface area (Å²) in [6.07, 6.45) is 2.84. The number of rotatable bonds is 5. The molecule has 1 aliphatic carbocycles. The van der Waals surface area contributed by atoms with Crippen LogP contribution in [0.5, 0.6) is 0 Å². The largest absolute Gasteiger partial charge is 0.465 e. The minimum atomic E-state index is -0.569. The minimum absolute atomic E-state index is 0.0287. The van der Waals surface area contributed by atoms with Gasteiger partial charge in [0.25, 0.3) is 0 Å². The average molecular weight is 184 g/mol. The Bertz CT molecular complexity index is 206. The summed E-state index contributed by atoms with van der Waals surface area (Å²) >= 11 is 0. The van der Waals surface area contributed by atoms with Gasteiger partial charge in [-0.2, -0.15) is 0 Å². The number of hydrogen-bond acceptors (Lipinski definition) is 3. The van der Waals surface area contributed by atoms with Gasteiger partial charge in [-0.25, -0.2) is 0 Å². The van der Waals surface area contributed by atoms with E-state index in [9.17, 15) is 9.59 Å². The van der Waals surface area contributed by atoms with E-state index in [2.05, 4.69) is 0 Å². The van der Waals surface area contributed by atoms with Crippen LogP contribution in [-0.2, 0) is 14.3 Å². The van der Waals surface area contributed by atoms with Crippen molar-refractivity contribution < 1.29 is 14.3 Å². The molecular formula is C10H16O3. The predicted molar refractivity (Wildman–Crippen MR) is 48.1 cm³/mol. The third-order valence-electron chi connectivity index (χ3n) is 2.31. The van der Waals surface area contributed by atoms with E-state index in [-0.39, 0.29) is 11.8 Å². The van der Waals surface area contributed by atoms with Gasteiger partial charge in [0.15, 0.2) is 0 Å². The summed E-state index contributed by atoms with van der Waals surface area (Å²) in [6, 6.07) is 0. The molecule has 13 heavy (non-hydrogen) atoms. The summed E-state index contributed by atoms with van der Waals surface area (Å²) in [5.41, 5.74) is 0. The molecule has 1 saturated carbocycles. The fourth-order valence-electron chi connectivity index (χ4n) is 1.18. The zero-order valence-electron chi connectivity index (χ0n) is 8.21. The van der Waals surface area contributed by atoms with E-state index < -0.39 is 5.92 Å². The summed E-state index contributed by atoms with van der Waals surface area (Å²) < 4.78 is 4.77. The Morgan fingerprint density at radius 2 is 2.08 bits per heavy atom. The fourth-order valence-corrected chi connectivity index (χ4v) is 1.18. The Labute approximate surface area is 78.5 Å². The highest BCUT2D eigenvalue weighted by Gasteiger charge is 2.29. The molecule has 1 rings (SSSR count). The smallest absolute Gasteiger partial charge is 0.316 e. The summed E-state index contributed by atoms with van der Waals surface area (Å²) in [5.74, 6) is -0.376. The van der Waals surface area contributed by atoms with E-state index in [1.54, 1.807) is 13.8 Å².